The van der Waals surface area contributed by atoms with Gasteiger partial charge in [-0.2, -0.15) is 0 Å². The van der Waals surface area contributed by atoms with Crippen LogP contribution in [0.15, 0.2) is 40.9 Å². The molecule has 3 heterocycles. The zero-order valence-corrected chi connectivity index (χ0v) is 13.1. The predicted octanol–water partition coefficient (Wildman–Crippen LogP) is 1.78. The van der Waals surface area contributed by atoms with Gasteiger partial charge in [-0.15, -0.1) is 11.3 Å². The molecule has 0 saturated carbocycles. The number of aryl methyl sites for hydroxylation is 1. The first kappa shape index (κ1) is 15.0. The van der Waals surface area contributed by atoms with Crippen molar-refractivity contribution < 1.29 is 4.79 Å². The zero-order chi connectivity index (χ0) is 16.2. The number of H-pyrrole nitrogens is 1. The Bertz CT molecular complexity index is 875. The third-order valence-electron chi connectivity index (χ3n) is 3.19. The Labute approximate surface area is 135 Å². The topological polar surface area (TPSA) is 101 Å². The van der Waals surface area contributed by atoms with Crippen molar-refractivity contribution in [3.05, 3.63) is 57.7 Å². The molecule has 0 bridgehead atoms. The molecular weight excluding hydrogens is 314 g/mol. The Kier molecular flexibility index (Phi) is 4.24. The van der Waals surface area contributed by atoms with Gasteiger partial charge in [-0.1, -0.05) is 0 Å². The fourth-order valence-electron chi connectivity index (χ4n) is 2.07. The van der Waals surface area contributed by atoms with Crippen molar-refractivity contribution in [2.45, 2.75) is 13.3 Å². The second-order valence-electron chi connectivity index (χ2n) is 4.78. The van der Waals surface area contributed by atoms with Gasteiger partial charge in [0, 0.05) is 40.8 Å². The van der Waals surface area contributed by atoms with Gasteiger partial charge in [0.15, 0.2) is 5.13 Å². The van der Waals surface area contributed by atoms with Crippen molar-refractivity contribution in [1.82, 2.24) is 19.9 Å². The van der Waals surface area contributed by atoms with Crippen LogP contribution >= 0.6 is 11.3 Å². The summed E-state index contributed by atoms with van der Waals surface area (Å²) in [5, 5.41) is 4.92. The van der Waals surface area contributed by atoms with Crippen LogP contribution < -0.4 is 10.9 Å². The van der Waals surface area contributed by atoms with Gasteiger partial charge in [0.05, 0.1) is 6.42 Å². The number of nitrogens with one attached hydrogen (secondary N) is 2. The molecule has 0 saturated heterocycles. The van der Waals surface area contributed by atoms with Crippen LogP contribution in [0.3, 0.4) is 0 Å². The SMILES string of the molecule is Cc1nc(-c2ccncc2)[nH]c(=O)c1CC(=O)Nc1nccs1. The maximum atomic E-state index is 12.3. The summed E-state index contributed by atoms with van der Waals surface area (Å²) in [6, 6.07) is 3.51. The van der Waals surface area contributed by atoms with Crippen LogP contribution in [0, 0.1) is 6.92 Å². The van der Waals surface area contributed by atoms with Crippen LogP contribution in [0.1, 0.15) is 11.3 Å². The Morgan fingerprint density at radius 1 is 1.30 bits per heavy atom. The fraction of sp³-hybridized carbons (Fsp3) is 0.133. The quantitative estimate of drug-likeness (QED) is 0.760. The molecule has 0 atom stereocenters. The zero-order valence-electron chi connectivity index (χ0n) is 12.2. The molecule has 0 aliphatic rings. The van der Waals surface area contributed by atoms with E-state index in [2.05, 4.69) is 25.3 Å². The molecule has 0 unspecified atom stereocenters. The third-order valence-corrected chi connectivity index (χ3v) is 3.88. The highest BCUT2D eigenvalue weighted by Crippen LogP contribution is 2.14. The van der Waals surface area contributed by atoms with Gasteiger partial charge >= 0.3 is 0 Å². The lowest BCUT2D eigenvalue weighted by molar-refractivity contribution is -0.115. The highest BCUT2D eigenvalue weighted by atomic mass is 32.1. The number of hydrogen-bond acceptors (Lipinski definition) is 6. The minimum absolute atomic E-state index is 0.0512. The van der Waals surface area contributed by atoms with Crippen LogP contribution in [0.4, 0.5) is 5.13 Å². The first-order valence-corrected chi connectivity index (χ1v) is 7.71. The molecule has 2 N–H and O–H groups in total. The van der Waals surface area contributed by atoms with E-state index in [1.165, 1.54) is 11.3 Å². The van der Waals surface area contributed by atoms with E-state index < -0.39 is 0 Å². The highest BCUT2D eigenvalue weighted by molar-refractivity contribution is 7.13. The average Bonchev–Trinajstić information content (AvgIpc) is 3.04. The minimum Gasteiger partial charge on any atom is -0.306 e. The molecule has 0 aliphatic heterocycles. The normalized spacial score (nSPS) is 10.5. The summed E-state index contributed by atoms with van der Waals surface area (Å²) < 4.78 is 0. The van der Waals surface area contributed by atoms with Gasteiger partial charge in [-0.05, 0) is 19.1 Å². The van der Waals surface area contributed by atoms with E-state index in [-0.39, 0.29) is 17.9 Å². The lowest BCUT2D eigenvalue weighted by Gasteiger charge is -2.07. The van der Waals surface area contributed by atoms with E-state index in [0.717, 1.165) is 5.56 Å². The third kappa shape index (κ3) is 3.49. The van der Waals surface area contributed by atoms with E-state index >= 15 is 0 Å². The van der Waals surface area contributed by atoms with Gasteiger partial charge in [0.1, 0.15) is 5.82 Å². The summed E-state index contributed by atoms with van der Waals surface area (Å²) in [5.74, 6) is 0.158. The molecule has 7 nitrogen and oxygen atoms in total. The summed E-state index contributed by atoms with van der Waals surface area (Å²) in [5.41, 5.74) is 1.31. The van der Waals surface area contributed by atoms with Gasteiger partial charge < -0.3 is 10.3 Å². The molecule has 3 aromatic rings. The molecule has 3 aromatic heterocycles. The van der Waals surface area contributed by atoms with Crippen molar-refractivity contribution in [1.29, 1.82) is 0 Å². The van der Waals surface area contributed by atoms with Gasteiger partial charge in [0.2, 0.25) is 5.91 Å². The minimum atomic E-state index is -0.321. The van der Waals surface area contributed by atoms with Gasteiger partial charge in [-0.25, -0.2) is 9.97 Å². The molecule has 116 valence electrons. The second kappa shape index (κ2) is 6.49. The van der Waals surface area contributed by atoms with Crippen molar-refractivity contribution >= 4 is 22.4 Å². The Morgan fingerprint density at radius 2 is 2.09 bits per heavy atom. The van der Waals surface area contributed by atoms with Crippen molar-refractivity contribution in [2.24, 2.45) is 0 Å². The number of carbonyl (C=O) groups excluding carboxylic acids is 1. The van der Waals surface area contributed by atoms with Gasteiger partial charge in [-0.3, -0.25) is 14.6 Å². The molecule has 0 radical (unpaired) electrons. The molecule has 0 aromatic carbocycles. The van der Waals surface area contributed by atoms with E-state index in [0.29, 0.717) is 22.2 Å². The van der Waals surface area contributed by atoms with Crippen LogP contribution in [-0.2, 0) is 11.2 Å². The Balaban J connectivity index is 1.83. The van der Waals surface area contributed by atoms with Crippen LogP contribution in [0.2, 0.25) is 0 Å². The number of thiazole rings is 1. The number of aromatic amines is 1. The van der Waals surface area contributed by atoms with E-state index in [1.54, 1.807) is 43.0 Å². The number of pyridine rings is 1. The number of rotatable bonds is 4. The van der Waals surface area contributed by atoms with E-state index in [4.69, 9.17) is 0 Å². The van der Waals surface area contributed by atoms with Crippen molar-refractivity contribution in [2.75, 3.05) is 5.32 Å². The monoisotopic (exact) mass is 327 g/mol. The summed E-state index contributed by atoms with van der Waals surface area (Å²) >= 11 is 1.32. The number of aromatic nitrogens is 4. The number of anilines is 1. The number of nitrogens with zero attached hydrogens (tertiary/aromatic N) is 3. The molecule has 3 rings (SSSR count). The summed E-state index contributed by atoms with van der Waals surface area (Å²) in [6.07, 6.45) is 4.80. The van der Waals surface area contributed by atoms with Crippen LogP contribution in [0.5, 0.6) is 0 Å². The number of amides is 1. The summed E-state index contributed by atoms with van der Waals surface area (Å²) in [4.78, 5) is 39.3. The Morgan fingerprint density at radius 3 is 2.74 bits per heavy atom. The van der Waals surface area contributed by atoms with Crippen molar-refractivity contribution in [3.8, 4) is 11.4 Å². The summed E-state index contributed by atoms with van der Waals surface area (Å²) in [6.45, 7) is 1.71. The van der Waals surface area contributed by atoms with E-state index in [1.807, 2.05) is 0 Å². The second-order valence-corrected chi connectivity index (χ2v) is 5.67. The highest BCUT2D eigenvalue weighted by Gasteiger charge is 2.14. The number of hydrogen-bond donors (Lipinski definition) is 2. The molecule has 0 spiro atoms. The molecule has 23 heavy (non-hydrogen) atoms. The van der Waals surface area contributed by atoms with Crippen LogP contribution in [-0.4, -0.2) is 25.8 Å². The maximum absolute atomic E-state index is 12.3. The maximum Gasteiger partial charge on any atom is 0.255 e. The lowest BCUT2D eigenvalue weighted by atomic mass is 10.1. The molecule has 8 heteroatoms. The van der Waals surface area contributed by atoms with Gasteiger partial charge in [0.25, 0.3) is 5.56 Å². The molecule has 0 aliphatic carbocycles. The number of carbonyl (C=O) groups is 1. The largest absolute Gasteiger partial charge is 0.306 e. The lowest BCUT2D eigenvalue weighted by Crippen LogP contribution is -2.23. The van der Waals surface area contributed by atoms with Crippen molar-refractivity contribution in [3.63, 3.8) is 0 Å². The smallest absolute Gasteiger partial charge is 0.255 e. The summed E-state index contributed by atoms with van der Waals surface area (Å²) in [7, 11) is 0. The average molecular weight is 327 g/mol. The van der Waals surface area contributed by atoms with Crippen LogP contribution in [0.25, 0.3) is 11.4 Å². The predicted molar refractivity (Wildman–Crippen MR) is 87.3 cm³/mol. The fourth-order valence-corrected chi connectivity index (χ4v) is 2.62. The Hall–Kier alpha value is -2.87. The standard InChI is InChI=1S/C15H13N5O2S/c1-9-11(8-12(21)19-15-17-6-7-23-15)14(22)20-13(18-9)10-2-4-16-5-3-10/h2-7H,8H2,1H3,(H,17,19,21)(H,18,20,22). The first-order chi connectivity index (χ1) is 11.1. The molecule has 1 amide bonds. The molecular formula is C15H13N5O2S. The first-order valence-electron chi connectivity index (χ1n) is 6.83. The molecule has 0 fully saturated rings. The van der Waals surface area contributed by atoms with E-state index in [9.17, 15) is 9.59 Å².